The second-order valence-electron chi connectivity index (χ2n) is 3.64. The van der Waals surface area contributed by atoms with Gasteiger partial charge in [0.1, 0.15) is 11.6 Å². The van der Waals surface area contributed by atoms with Gasteiger partial charge in [-0.25, -0.2) is 9.97 Å². The average Bonchev–Trinajstić information content (AvgIpc) is 2.27. The zero-order chi connectivity index (χ0) is 13.1. The number of benzene rings is 1. The average molecular weight is 284 g/mol. The molecule has 6 heteroatoms. The van der Waals surface area contributed by atoms with E-state index in [4.69, 9.17) is 27.9 Å². The van der Waals surface area contributed by atoms with Crippen LogP contribution in [0.4, 0.5) is 11.5 Å². The Morgan fingerprint density at radius 2 is 1.94 bits per heavy atom. The summed E-state index contributed by atoms with van der Waals surface area (Å²) < 4.78 is 5.08. The van der Waals surface area contributed by atoms with Gasteiger partial charge in [-0.1, -0.05) is 11.6 Å². The molecule has 1 heterocycles. The lowest BCUT2D eigenvalue weighted by Crippen LogP contribution is -1.97. The van der Waals surface area contributed by atoms with E-state index in [0.29, 0.717) is 16.6 Å². The van der Waals surface area contributed by atoms with Crippen molar-refractivity contribution in [2.75, 3.05) is 12.4 Å². The second kappa shape index (κ2) is 5.42. The number of hydrogen-bond donors (Lipinski definition) is 1. The van der Waals surface area contributed by atoms with Crippen molar-refractivity contribution in [3.05, 3.63) is 40.3 Å². The van der Waals surface area contributed by atoms with Crippen molar-refractivity contribution in [3.8, 4) is 5.75 Å². The monoisotopic (exact) mass is 283 g/mol. The highest BCUT2D eigenvalue weighted by molar-refractivity contribution is 6.32. The van der Waals surface area contributed by atoms with Crippen molar-refractivity contribution < 1.29 is 4.74 Å². The molecule has 0 saturated heterocycles. The van der Waals surface area contributed by atoms with E-state index < -0.39 is 0 Å². The fraction of sp³-hybridized carbons (Fsp3) is 0.167. The Morgan fingerprint density at radius 1 is 1.17 bits per heavy atom. The molecule has 0 saturated carbocycles. The molecule has 2 rings (SSSR count). The Labute approximate surface area is 115 Å². The molecular formula is C12H11Cl2N3O. The minimum Gasteiger partial charge on any atom is -0.495 e. The molecule has 4 nitrogen and oxygen atoms in total. The molecule has 0 aliphatic rings. The lowest BCUT2D eigenvalue weighted by molar-refractivity contribution is 0.415. The van der Waals surface area contributed by atoms with Gasteiger partial charge in [0.2, 0.25) is 5.28 Å². The van der Waals surface area contributed by atoms with Crippen molar-refractivity contribution in [1.82, 2.24) is 9.97 Å². The number of nitrogens with zero attached hydrogens (tertiary/aromatic N) is 2. The van der Waals surface area contributed by atoms with Crippen molar-refractivity contribution >= 4 is 34.7 Å². The van der Waals surface area contributed by atoms with Crippen LogP contribution in [0.5, 0.6) is 5.75 Å². The molecule has 0 radical (unpaired) electrons. The zero-order valence-electron chi connectivity index (χ0n) is 9.87. The first-order valence-electron chi connectivity index (χ1n) is 5.20. The van der Waals surface area contributed by atoms with Gasteiger partial charge in [0.05, 0.1) is 12.1 Å². The van der Waals surface area contributed by atoms with Crippen LogP contribution >= 0.6 is 23.2 Å². The third-order valence-electron chi connectivity index (χ3n) is 2.25. The molecule has 0 atom stereocenters. The molecule has 94 valence electrons. The van der Waals surface area contributed by atoms with Crippen LogP contribution in [0.3, 0.4) is 0 Å². The van der Waals surface area contributed by atoms with Gasteiger partial charge in [0.15, 0.2) is 0 Å². The molecule has 18 heavy (non-hydrogen) atoms. The first-order chi connectivity index (χ1) is 8.58. The van der Waals surface area contributed by atoms with Crippen molar-refractivity contribution in [1.29, 1.82) is 0 Å². The lowest BCUT2D eigenvalue weighted by atomic mass is 10.3. The molecule has 2 aromatic rings. The number of aromatic nitrogens is 2. The first-order valence-corrected chi connectivity index (χ1v) is 5.96. The Balaban J connectivity index is 2.25. The number of ether oxygens (including phenoxy) is 1. The van der Waals surface area contributed by atoms with Gasteiger partial charge in [-0.2, -0.15) is 0 Å². The van der Waals surface area contributed by atoms with E-state index in [0.717, 1.165) is 11.4 Å². The minimum absolute atomic E-state index is 0.206. The van der Waals surface area contributed by atoms with Gasteiger partial charge in [0.25, 0.3) is 0 Å². The van der Waals surface area contributed by atoms with E-state index in [2.05, 4.69) is 15.3 Å². The lowest BCUT2D eigenvalue weighted by Gasteiger charge is -2.08. The summed E-state index contributed by atoms with van der Waals surface area (Å²) in [4.78, 5) is 8.06. The topological polar surface area (TPSA) is 47.0 Å². The Kier molecular flexibility index (Phi) is 3.89. The van der Waals surface area contributed by atoms with E-state index in [1.807, 2.05) is 13.0 Å². The van der Waals surface area contributed by atoms with Crippen LogP contribution in [0, 0.1) is 6.92 Å². The van der Waals surface area contributed by atoms with Crippen LogP contribution in [0.1, 0.15) is 5.69 Å². The van der Waals surface area contributed by atoms with E-state index >= 15 is 0 Å². The molecule has 0 unspecified atom stereocenters. The van der Waals surface area contributed by atoms with Crippen LogP contribution in [0.15, 0.2) is 24.3 Å². The van der Waals surface area contributed by atoms with Crippen LogP contribution in [-0.4, -0.2) is 17.1 Å². The van der Waals surface area contributed by atoms with Gasteiger partial charge in [0, 0.05) is 17.4 Å². The minimum atomic E-state index is 0.206. The summed E-state index contributed by atoms with van der Waals surface area (Å²) in [6, 6.07) is 7.17. The number of halogens is 2. The maximum absolute atomic E-state index is 6.03. The molecule has 1 N–H and O–H groups in total. The number of hydrogen-bond acceptors (Lipinski definition) is 4. The summed E-state index contributed by atoms with van der Waals surface area (Å²) in [5.41, 5.74) is 1.59. The van der Waals surface area contributed by atoms with E-state index in [9.17, 15) is 0 Å². The number of anilines is 2. The smallest absolute Gasteiger partial charge is 0.224 e. The van der Waals surface area contributed by atoms with Crippen molar-refractivity contribution in [3.63, 3.8) is 0 Å². The van der Waals surface area contributed by atoms with Crippen LogP contribution in [-0.2, 0) is 0 Å². The summed E-state index contributed by atoms with van der Waals surface area (Å²) in [5.74, 6) is 1.24. The third-order valence-corrected chi connectivity index (χ3v) is 2.72. The van der Waals surface area contributed by atoms with Crippen molar-refractivity contribution in [2.45, 2.75) is 6.92 Å². The van der Waals surface area contributed by atoms with Gasteiger partial charge >= 0.3 is 0 Å². The Morgan fingerprint density at radius 3 is 2.56 bits per heavy atom. The third kappa shape index (κ3) is 3.03. The molecular weight excluding hydrogens is 273 g/mol. The first kappa shape index (κ1) is 12.9. The van der Waals surface area contributed by atoms with Gasteiger partial charge in [-0.15, -0.1) is 0 Å². The number of methoxy groups -OCH3 is 1. The van der Waals surface area contributed by atoms with Crippen LogP contribution in [0.25, 0.3) is 0 Å². The van der Waals surface area contributed by atoms with Crippen LogP contribution < -0.4 is 10.1 Å². The van der Waals surface area contributed by atoms with Gasteiger partial charge < -0.3 is 10.1 Å². The Hall–Kier alpha value is -1.52. The summed E-state index contributed by atoms with van der Waals surface area (Å²) in [6.07, 6.45) is 0. The van der Waals surface area contributed by atoms with Crippen molar-refractivity contribution in [2.24, 2.45) is 0 Å². The largest absolute Gasteiger partial charge is 0.495 e. The highest BCUT2D eigenvalue weighted by atomic mass is 35.5. The number of aryl methyl sites for hydroxylation is 1. The summed E-state index contributed by atoms with van der Waals surface area (Å²) in [6.45, 7) is 1.85. The molecule has 0 amide bonds. The number of rotatable bonds is 3. The highest BCUT2D eigenvalue weighted by Gasteiger charge is 2.04. The predicted octanol–water partition coefficient (Wildman–Crippen LogP) is 3.84. The predicted molar refractivity (Wildman–Crippen MR) is 73.1 cm³/mol. The molecule has 0 aliphatic carbocycles. The molecule has 0 aliphatic heterocycles. The maximum Gasteiger partial charge on any atom is 0.224 e. The fourth-order valence-electron chi connectivity index (χ4n) is 1.49. The number of nitrogens with one attached hydrogen (secondary N) is 1. The SMILES string of the molecule is COc1ccc(Nc2cc(C)nc(Cl)n2)cc1Cl. The van der Waals surface area contributed by atoms with Gasteiger partial charge in [-0.3, -0.25) is 0 Å². The van der Waals surface area contributed by atoms with E-state index in [1.54, 1.807) is 25.3 Å². The van der Waals surface area contributed by atoms with E-state index in [1.165, 1.54) is 0 Å². The highest BCUT2D eigenvalue weighted by Crippen LogP contribution is 2.28. The van der Waals surface area contributed by atoms with Gasteiger partial charge in [-0.05, 0) is 36.7 Å². The Bertz CT molecular complexity index is 555. The maximum atomic E-state index is 6.03. The molecule has 1 aromatic heterocycles. The van der Waals surface area contributed by atoms with E-state index in [-0.39, 0.29) is 5.28 Å². The fourth-order valence-corrected chi connectivity index (χ4v) is 1.97. The quantitative estimate of drug-likeness (QED) is 0.870. The molecule has 0 spiro atoms. The molecule has 1 aromatic carbocycles. The second-order valence-corrected chi connectivity index (χ2v) is 4.38. The molecule has 0 fully saturated rings. The normalized spacial score (nSPS) is 10.2. The summed E-state index contributed by atoms with van der Waals surface area (Å²) in [7, 11) is 1.57. The zero-order valence-corrected chi connectivity index (χ0v) is 11.4. The standard InChI is InChI=1S/C12H11Cl2N3O/c1-7-5-11(17-12(14)15-7)16-8-3-4-10(18-2)9(13)6-8/h3-6H,1-2H3,(H,15,16,17). The summed E-state index contributed by atoms with van der Waals surface area (Å²) >= 11 is 11.8. The summed E-state index contributed by atoms with van der Waals surface area (Å²) in [5, 5.41) is 3.84. The molecule has 0 bridgehead atoms. The van der Waals surface area contributed by atoms with Crippen LogP contribution in [0.2, 0.25) is 10.3 Å².